The van der Waals surface area contributed by atoms with Gasteiger partial charge in [-0.3, -0.25) is 0 Å². The Morgan fingerprint density at radius 2 is 1.83 bits per heavy atom. The minimum Gasteiger partial charge on any atom is -0.399 e. The molecule has 0 unspecified atom stereocenters. The molecule has 0 saturated carbocycles. The van der Waals surface area contributed by atoms with Crippen LogP contribution in [0.4, 0.5) is 11.4 Å². The average Bonchev–Trinajstić information content (AvgIpc) is 2.04. The number of halogens is 2. The first-order valence-electron chi connectivity index (χ1n) is 3.48. The normalized spacial score (nSPS) is 8.75. The van der Waals surface area contributed by atoms with E-state index < -0.39 is 0 Å². The second-order valence-corrected chi connectivity index (χ2v) is 2.62. The summed E-state index contributed by atoms with van der Waals surface area (Å²) in [5, 5.41) is 3.13. The van der Waals surface area contributed by atoms with E-state index in [1.807, 2.05) is 24.3 Å². The van der Waals surface area contributed by atoms with Crippen LogP contribution in [0, 0.1) is 0 Å². The first-order valence-corrected chi connectivity index (χ1v) is 4.02. The minimum absolute atomic E-state index is 0. The van der Waals surface area contributed by atoms with E-state index in [1.54, 1.807) is 0 Å². The van der Waals surface area contributed by atoms with Gasteiger partial charge < -0.3 is 11.1 Å². The highest BCUT2D eigenvalue weighted by Crippen LogP contribution is 2.09. The number of nitrogen functional groups attached to an aromatic ring is 1. The Morgan fingerprint density at radius 1 is 1.25 bits per heavy atom. The molecule has 0 fully saturated rings. The molecule has 4 heteroatoms. The summed E-state index contributed by atoms with van der Waals surface area (Å²) < 4.78 is 0. The van der Waals surface area contributed by atoms with Crippen molar-refractivity contribution in [1.29, 1.82) is 0 Å². The summed E-state index contributed by atoms with van der Waals surface area (Å²) in [6.07, 6.45) is 0. The number of rotatable bonds is 3. The second-order valence-electron chi connectivity index (χ2n) is 2.24. The van der Waals surface area contributed by atoms with Crippen LogP contribution in [0.1, 0.15) is 0 Å². The molecule has 0 spiro atoms. The average molecular weight is 207 g/mol. The van der Waals surface area contributed by atoms with Crippen molar-refractivity contribution in [2.45, 2.75) is 0 Å². The maximum absolute atomic E-state index is 5.50. The molecule has 0 aliphatic heterocycles. The molecule has 0 amide bonds. The molecule has 1 rings (SSSR count). The van der Waals surface area contributed by atoms with Crippen molar-refractivity contribution in [2.24, 2.45) is 0 Å². The van der Waals surface area contributed by atoms with E-state index in [1.165, 1.54) is 0 Å². The number of hydrogen-bond acceptors (Lipinski definition) is 2. The summed E-state index contributed by atoms with van der Waals surface area (Å²) in [6, 6.07) is 7.58. The molecule has 3 N–H and O–H groups in total. The van der Waals surface area contributed by atoms with Crippen molar-refractivity contribution < 1.29 is 0 Å². The van der Waals surface area contributed by atoms with Crippen LogP contribution >= 0.6 is 24.0 Å². The molecule has 0 atom stereocenters. The van der Waals surface area contributed by atoms with Crippen LogP contribution in [0.5, 0.6) is 0 Å². The Kier molecular flexibility index (Phi) is 5.68. The molecule has 2 nitrogen and oxygen atoms in total. The van der Waals surface area contributed by atoms with Gasteiger partial charge in [0.25, 0.3) is 0 Å². The largest absolute Gasteiger partial charge is 0.399 e. The Hall–Kier alpha value is -0.600. The Morgan fingerprint density at radius 3 is 2.33 bits per heavy atom. The monoisotopic (exact) mass is 206 g/mol. The summed E-state index contributed by atoms with van der Waals surface area (Å²) >= 11 is 5.50. The lowest BCUT2D eigenvalue weighted by Gasteiger charge is -2.02. The van der Waals surface area contributed by atoms with Gasteiger partial charge in [-0.05, 0) is 24.3 Å². The van der Waals surface area contributed by atoms with Crippen LogP contribution in [0.25, 0.3) is 0 Å². The van der Waals surface area contributed by atoms with E-state index in [4.69, 9.17) is 17.3 Å². The molecular weight excluding hydrogens is 195 g/mol. The fourth-order valence-corrected chi connectivity index (χ4v) is 0.887. The lowest BCUT2D eigenvalue weighted by atomic mass is 10.3. The molecule has 0 aliphatic rings. The van der Waals surface area contributed by atoms with Gasteiger partial charge in [0.1, 0.15) is 0 Å². The zero-order valence-corrected chi connectivity index (χ0v) is 8.16. The van der Waals surface area contributed by atoms with Crippen molar-refractivity contribution >= 4 is 35.4 Å². The van der Waals surface area contributed by atoms with Crippen molar-refractivity contribution in [3.63, 3.8) is 0 Å². The summed E-state index contributed by atoms with van der Waals surface area (Å²) in [5.41, 5.74) is 7.34. The molecule has 0 aromatic heterocycles. The topological polar surface area (TPSA) is 38.0 Å². The first-order chi connectivity index (χ1) is 5.33. The predicted octanol–water partition coefficient (Wildman–Crippen LogP) is 2.34. The van der Waals surface area contributed by atoms with Gasteiger partial charge in [-0.15, -0.1) is 24.0 Å². The van der Waals surface area contributed by atoms with Crippen LogP contribution in [0.3, 0.4) is 0 Å². The number of alkyl halides is 1. The number of nitrogens with two attached hydrogens (primary N) is 1. The molecule has 0 saturated heterocycles. The highest BCUT2D eigenvalue weighted by atomic mass is 35.5. The third-order valence-corrected chi connectivity index (χ3v) is 1.52. The summed E-state index contributed by atoms with van der Waals surface area (Å²) in [5.74, 6) is 0.615. The maximum Gasteiger partial charge on any atom is 0.0396 e. The van der Waals surface area contributed by atoms with Gasteiger partial charge in [-0.25, -0.2) is 0 Å². The van der Waals surface area contributed by atoms with Crippen LogP contribution in [-0.2, 0) is 0 Å². The number of nitrogens with one attached hydrogen (secondary N) is 1. The van der Waals surface area contributed by atoms with Crippen LogP contribution in [-0.4, -0.2) is 12.4 Å². The number of hydrogen-bond donors (Lipinski definition) is 2. The Labute approximate surface area is 83.5 Å². The maximum atomic E-state index is 5.50. The third-order valence-electron chi connectivity index (χ3n) is 1.33. The molecule has 0 heterocycles. The SMILES string of the molecule is Cl.Nc1ccc(NCCCl)cc1. The Bertz CT molecular complexity index is 211. The summed E-state index contributed by atoms with van der Waals surface area (Å²) in [7, 11) is 0. The van der Waals surface area contributed by atoms with Gasteiger partial charge in [0.2, 0.25) is 0 Å². The van der Waals surface area contributed by atoms with Crippen LogP contribution < -0.4 is 11.1 Å². The number of benzene rings is 1. The molecule has 1 aromatic rings. The molecule has 12 heavy (non-hydrogen) atoms. The molecule has 68 valence electrons. The molecule has 1 aromatic carbocycles. The van der Waals surface area contributed by atoms with Crippen molar-refractivity contribution in [1.82, 2.24) is 0 Å². The van der Waals surface area contributed by atoms with E-state index >= 15 is 0 Å². The Balaban J connectivity index is 0.00000121. The zero-order valence-electron chi connectivity index (χ0n) is 6.59. The number of anilines is 2. The van der Waals surface area contributed by atoms with E-state index in [0.29, 0.717) is 5.88 Å². The minimum atomic E-state index is 0. The van der Waals surface area contributed by atoms with E-state index in [0.717, 1.165) is 17.9 Å². The first kappa shape index (κ1) is 11.4. The second kappa shape index (κ2) is 5.98. The molecule has 0 aliphatic carbocycles. The van der Waals surface area contributed by atoms with Crippen LogP contribution in [0.15, 0.2) is 24.3 Å². The smallest absolute Gasteiger partial charge is 0.0396 e. The predicted molar refractivity (Wildman–Crippen MR) is 57.3 cm³/mol. The third kappa shape index (κ3) is 3.69. The van der Waals surface area contributed by atoms with E-state index in [2.05, 4.69) is 5.32 Å². The summed E-state index contributed by atoms with van der Waals surface area (Å²) in [6.45, 7) is 0.783. The van der Waals surface area contributed by atoms with Gasteiger partial charge in [0.15, 0.2) is 0 Å². The van der Waals surface area contributed by atoms with E-state index in [9.17, 15) is 0 Å². The fraction of sp³-hybridized carbons (Fsp3) is 0.250. The standard InChI is InChI=1S/C8H11ClN2.ClH/c9-5-6-11-8-3-1-7(10)2-4-8;/h1-4,11H,5-6,10H2;1H. The van der Waals surface area contributed by atoms with Gasteiger partial charge in [-0.1, -0.05) is 0 Å². The van der Waals surface area contributed by atoms with Crippen LogP contribution in [0.2, 0.25) is 0 Å². The van der Waals surface area contributed by atoms with E-state index in [-0.39, 0.29) is 12.4 Å². The fourth-order valence-electron chi connectivity index (χ4n) is 0.793. The quantitative estimate of drug-likeness (QED) is 0.589. The molecular formula is C8H12Cl2N2. The van der Waals surface area contributed by atoms with Crippen molar-refractivity contribution in [3.05, 3.63) is 24.3 Å². The highest BCUT2D eigenvalue weighted by molar-refractivity contribution is 6.18. The van der Waals surface area contributed by atoms with Gasteiger partial charge >= 0.3 is 0 Å². The molecule has 0 bridgehead atoms. The lowest BCUT2D eigenvalue weighted by Crippen LogP contribution is -2.01. The van der Waals surface area contributed by atoms with Gasteiger partial charge in [0.05, 0.1) is 0 Å². The van der Waals surface area contributed by atoms with Gasteiger partial charge in [0, 0.05) is 23.8 Å². The van der Waals surface area contributed by atoms with Crippen molar-refractivity contribution in [3.8, 4) is 0 Å². The zero-order chi connectivity index (χ0) is 8.10. The highest BCUT2D eigenvalue weighted by Gasteiger charge is 1.88. The lowest BCUT2D eigenvalue weighted by molar-refractivity contribution is 1.22. The van der Waals surface area contributed by atoms with Crippen molar-refractivity contribution in [2.75, 3.05) is 23.5 Å². The summed E-state index contributed by atoms with van der Waals surface area (Å²) in [4.78, 5) is 0. The molecule has 0 radical (unpaired) electrons. The van der Waals surface area contributed by atoms with Gasteiger partial charge in [-0.2, -0.15) is 0 Å².